The zero-order valence-electron chi connectivity index (χ0n) is 15.6. The van der Waals surface area contributed by atoms with Gasteiger partial charge in [-0.3, -0.25) is 9.69 Å². The summed E-state index contributed by atoms with van der Waals surface area (Å²) in [4.78, 5) is 20.9. The average molecular weight is 358 g/mol. The second kappa shape index (κ2) is 8.31. The Hall–Kier alpha value is -2.41. The van der Waals surface area contributed by atoms with Crippen molar-refractivity contribution in [3.8, 4) is 5.75 Å². The summed E-state index contributed by atoms with van der Waals surface area (Å²) in [6.07, 6.45) is 2.05. The van der Waals surface area contributed by atoms with Gasteiger partial charge in [-0.15, -0.1) is 0 Å². The van der Waals surface area contributed by atoms with E-state index in [4.69, 9.17) is 9.26 Å². The van der Waals surface area contributed by atoms with E-state index < -0.39 is 0 Å². The molecule has 1 aromatic carbocycles. The number of nitrogens with zero attached hydrogens (tertiary/aromatic N) is 4. The lowest BCUT2D eigenvalue weighted by Gasteiger charge is -2.31. The molecule has 2 aromatic rings. The first-order valence-corrected chi connectivity index (χ1v) is 8.94. The Kier molecular flexibility index (Phi) is 5.88. The van der Waals surface area contributed by atoms with Gasteiger partial charge in [0.1, 0.15) is 5.75 Å². The molecule has 7 nitrogen and oxygen atoms in total. The van der Waals surface area contributed by atoms with Crippen molar-refractivity contribution in [3.63, 3.8) is 0 Å². The highest BCUT2D eigenvalue weighted by atomic mass is 16.5. The van der Waals surface area contributed by atoms with Crippen LogP contribution in [0.4, 0.5) is 0 Å². The highest BCUT2D eigenvalue weighted by Gasteiger charge is 2.27. The zero-order chi connectivity index (χ0) is 18.5. The van der Waals surface area contributed by atoms with Crippen molar-refractivity contribution in [1.29, 1.82) is 0 Å². The van der Waals surface area contributed by atoms with Crippen LogP contribution in [0.15, 0.2) is 28.8 Å². The first kappa shape index (κ1) is 18.4. The van der Waals surface area contributed by atoms with E-state index in [1.165, 1.54) is 0 Å². The molecule has 2 heterocycles. The van der Waals surface area contributed by atoms with Crippen LogP contribution in [0, 0.1) is 6.92 Å². The molecule has 7 heteroatoms. The first-order valence-electron chi connectivity index (χ1n) is 8.94. The molecule has 1 amide bonds. The summed E-state index contributed by atoms with van der Waals surface area (Å²) in [5.74, 6) is 2.49. The topological polar surface area (TPSA) is 71.7 Å². The number of methoxy groups -OCH3 is 1. The minimum absolute atomic E-state index is 0.114. The number of hydrogen-bond donors (Lipinski definition) is 0. The lowest BCUT2D eigenvalue weighted by molar-refractivity contribution is -0.132. The fraction of sp³-hybridized carbons (Fsp3) is 0.526. The van der Waals surface area contributed by atoms with Gasteiger partial charge < -0.3 is 14.2 Å². The molecule has 26 heavy (non-hydrogen) atoms. The zero-order valence-corrected chi connectivity index (χ0v) is 15.6. The van der Waals surface area contributed by atoms with Gasteiger partial charge in [0, 0.05) is 20.1 Å². The number of carbonyl (C=O) groups is 1. The van der Waals surface area contributed by atoms with Gasteiger partial charge in [-0.1, -0.05) is 17.3 Å². The predicted octanol–water partition coefficient (Wildman–Crippen LogP) is 2.22. The highest BCUT2D eigenvalue weighted by molar-refractivity contribution is 5.78. The van der Waals surface area contributed by atoms with Crippen molar-refractivity contribution in [3.05, 3.63) is 41.5 Å². The molecule has 1 aromatic heterocycles. The molecular formula is C19H26N4O3. The smallest absolute Gasteiger partial charge is 0.236 e. The number of carbonyl (C=O) groups excluding carboxylic acids is 1. The van der Waals surface area contributed by atoms with Crippen molar-refractivity contribution in [2.45, 2.75) is 32.2 Å². The highest BCUT2D eigenvalue weighted by Crippen LogP contribution is 2.25. The predicted molar refractivity (Wildman–Crippen MR) is 96.9 cm³/mol. The molecule has 0 radical (unpaired) electrons. The fourth-order valence-electron chi connectivity index (χ4n) is 3.28. The number of hydrogen-bond acceptors (Lipinski definition) is 6. The molecule has 140 valence electrons. The average Bonchev–Trinajstić information content (AvgIpc) is 3.09. The van der Waals surface area contributed by atoms with Crippen LogP contribution >= 0.6 is 0 Å². The first-order chi connectivity index (χ1) is 12.5. The number of rotatable bonds is 6. The molecule has 1 aliphatic heterocycles. The molecule has 0 bridgehead atoms. The lowest BCUT2D eigenvalue weighted by atomic mass is 9.98. The van der Waals surface area contributed by atoms with Gasteiger partial charge in [0.25, 0.3) is 0 Å². The second-order valence-electron chi connectivity index (χ2n) is 6.85. The molecule has 3 rings (SSSR count). The summed E-state index contributed by atoms with van der Waals surface area (Å²) < 4.78 is 10.5. The molecule has 1 unspecified atom stereocenters. The number of aryl methyl sites for hydroxylation is 1. The van der Waals surface area contributed by atoms with Gasteiger partial charge in [-0.05, 0) is 44.0 Å². The van der Waals surface area contributed by atoms with Crippen LogP contribution in [0.5, 0.6) is 5.75 Å². The maximum Gasteiger partial charge on any atom is 0.236 e. The normalized spacial score (nSPS) is 17.9. The molecular weight excluding hydrogens is 332 g/mol. The Balaban J connectivity index is 1.52. The summed E-state index contributed by atoms with van der Waals surface area (Å²) in [5, 5.41) is 3.88. The van der Waals surface area contributed by atoms with Gasteiger partial charge in [0.15, 0.2) is 5.82 Å². The lowest BCUT2D eigenvalue weighted by Crippen LogP contribution is -2.42. The van der Waals surface area contributed by atoms with Gasteiger partial charge in [0.2, 0.25) is 11.8 Å². The molecule has 0 saturated carbocycles. The van der Waals surface area contributed by atoms with E-state index >= 15 is 0 Å². The molecule has 0 spiro atoms. The number of aromatic nitrogens is 2. The summed E-state index contributed by atoms with van der Waals surface area (Å²) >= 11 is 0. The van der Waals surface area contributed by atoms with Crippen LogP contribution < -0.4 is 4.74 Å². The minimum atomic E-state index is 0.114. The van der Waals surface area contributed by atoms with E-state index in [-0.39, 0.29) is 11.8 Å². The van der Waals surface area contributed by atoms with E-state index in [1.807, 2.05) is 38.2 Å². The number of likely N-dealkylation sites (tertiary alicyclic amines) is 1. The summed E-state index contributed by atoms with van der Waals surface area (Å²) in [6, 6.07) is 7.79. The largest absolute Gasteiger partial charge is 0.497 e. The Morgan fingerprint density at radius 1 is 1.38 bits per heavy atom. The maximum absolute atomic E-state index is 12.6. The van der Waals surface area contributed by atoms with Crippen molar-refractivity contribution in [2.75, 3.05) is 33.8 Å². The van der Waals surface area contributed by atoms with Crippen LogP contribution in [-0.2, 0) is 11.3 Å². The van der Waals surface area contributed by atoms with Crippen LogP contribution in [0.25, 0.3) is 0 Å². The van der Waals surface area contributed by atoms with E-state index in [9.17, 15) is 4.79 Å². The van der Waals surface area contributed by atoms with Crippen LogP contribution in [0.3, 0.4) is 0 Å². The molecule has 1 atom stereocenters. The molecule has 0 N–H and O–H groups in total. The maximum atomic E-state index is 12.6. The quantitative estimate of drug-likeness (QED) is 0.788. The van der Waals surface area contributed by atoms with E-state index in [2.05, 4.69) is 15.0 Å². The Bertz CT molecular complexity index is 729. The van der Waals surface area contributed by atoms with E-state index in [1.54, 1.807) is 12.0 Å². The fourth-order valence-corrected chi connectivity index (χ4v) is 3.28. The SMILES string of the molecule is COc1ccc(CN(C)C(=O)CN2CCCC(c3nc(C)no3)C2)cc1. The summed E-state index contributed by atoms with van der Waals surface area (Å²) in [7, 11) is 3.49. The van der Waals surface area contributed by atoms with Crippen molar-refractivity contribution in [1.82, 2.24) is 19.9 Å². The molecule has 1 fully saturated rings. The van der Waals surface area contributed by atoms with Gasteiger partial charge >= 0.3 is 0 Å². The number of benzene rings is 1. The van der Waals surface area contributed by atoms with Crippen LogP contribution in [0.2, 0.25) is 0 Å². The third-order valence-electron chi connectivity index (χ3n) is 4.76. The Morgan fingerprint density at radius 3 is 2.81 bits per heavy atom. The summed E-state index contributed by atoms with van der Waals surface area (Å²) in [5.41, 5.74) is 1.08. The van der Waals surface area contributed by atoms with Crippen molar-refractivity contribution in [2.24, 2.45) is 0 Å². The van der Waals surface area contributed by atoms with Gasteiger partial charge in [-0.2, -0.15) is 4.98 Å². The van der Waals surface area contributed by atoms with Gasteiger partial charge in [-0.25, -0.2) is 0 Å². The standard InChI is InChI=1S/C19H26N4O3/c1-14-20-19(26-21-14)16-5-4-10-23(12-16)13-18(24)22(2)11-15-6-8-17(25-3)9-7-15/h6-9,16H,4-5,10-13H2,1-3H3. The third kappa shape index (κ3) is 4.60. The van der Waals surface area contributed by atoms with Crippen LogP contribution in [0.1, 0.15) is 36.0 Å². The van der Waals surface area contributed by atoms with E-state index in [0.717, 1.165) is 37.2 Å². The molecule has 1 saturated heterocycles. The Labute approximate surface area is 153 Å². The minimum Gasteiger partial charge on any atom is -0.497 e. The third-order valence-corrected chi connectivity index (χ3v) is 4.76. The van der Waals surface area contributed by atoms with Crippen LogP contribution in [-0.4, -0.2) is 59.6 Å². The number of likely N-dealkylation sites (N-methyl/N-ethyl adjacent to an activating group) is 1. The number of piperidine rings is 1. The number of ether oxygens (including phenoxy) is 1. The summed E-state index contributed by atoms with van der Waals surface area (Å²) in [6.45, 7) is 4.53. The van der Waals surface area contributed by atoms with Crippen molar-refractivity contribution >= 4 is 5.91 Å². The van der Waals surface area contributed by atoms with Gasteiger partial charge in [0.05, 0.1) is 19.6 Å². The Morgan fingerprint density at radius 2 is 2.15 bits per heavy atom. The second-order valence-corrected chi connectivity index (χ2v) is 6.85. The number of amides is 1. The molecule has 0 aliphatic carbocycles. The van der Waals surface area contributed by atoms with Crippen molar-refractivity contribution < 1.29 is 14.1 Å². The molecule has 1 aliphatic rings. The van der Waals surface area contributed by atoms with E-state index in [0.29, 0.717) is 24.8 Å². The monoisotopic (exact) mass is 358 g/mol.